The molecule has 6 heteroatoms. The topological polar surface area (TPSA) is 60.3 Å². The largest absolute Gasteiger partial charge is 0.406 e. The van der Waals surface area contributed by atoms with Crippen LogP contribution in [0.15, 0.2) is 71.7 Å². The number of aryl methyl sites for hydroxylation is 1. The molecule has 0 unspecified atom stereocenters. The lowest BCUT2D eigenvalue weighted by molar-refractivity contribution is 0.0863. The lowest BCUT2D eigenvalue weighted by Gasteiger charge is -2.10. The Bertz CT molecular complexity index is 964. The van der Waals surface area contributed by atoms with Crippen LogP contribution in [-0.2, 0) is 6.61 Å². The number of nitrogens with one attached hydrogen (secondary N) is 1. The minimum atomic E-state index is -0.570. The number of rotatable bonds is 5. The Morgan fingerprint density at radius 2 is 1.77 bits per heavy atom. The molecule has 1 heterocycles. The molecule has 26 heavy (non-hydrogen) atoms. The lowest BCUT2D eigenvalue weighted by atomic mass is 10.2. The Balaban J connectivity index is 1.73. The fourth-order valence-electron chi connectivity index (χ4n) is 2.31. The Labute approximate surface area is 149 Å². The third-order valence-corrected chi connectivity index (χ3v) is 3.75. The van der Waals surface area contributed by atoms with E-state index in [2.05, 4.69) is 5.32 Å². The molecule has 0 saturated heterocycles. The van der Waals surface area contributed by atoms with E-state index in [4.69, 9.17) is 4.84 Å². The Morgan fingerprint density at radius 1 is 1.08 bits per heavy atom. The summed E-state index contributed by atoms with van der Waals surface area (Å²) in [6.45, 7) is 2.02. The highest BCUT2D eigenvalue weighted by atomic mass is 19.1. The monoisotopic (exact) mass is 352 g/mol. The lowest BCUT2D eigenvalue weighted by Crippen LogP contribution is -2.32. The molecule has 0 spiro atoms. The highest BCUT2D eigenvalue weighted by molar-refractivity contribution is 6.03. The molecule has 0 aliphatic rings. The second kappa shape index (κ2) is 7.65. The zero-order valence-electron chi connectivity index (χ0n) is 14.1. The van der Waals surface area contributed by atoms with Gasteiger partial charge in [0.2, 0.25) is 0 Å². The molecule has 0 fully saturated rings. The third-order valence-electron chi connectivity index (χ3n) is 3.75. The van der Waals surface area contributed by atoms with Gasteiger partial charge in [-0.3, -0.25) is 9.59 Å². The van der Waals surface area contributed by atoms with E-state index in [1.54, 1.807) is 30.3 Å². The zero-order valence-corrected chi connectivity index (χ0v) is 14.1. The summed E-state index contributed by atoms with van der Waals surface area (Å²) in [5.74, 6) is -0.862. The summed E-state index contributed by atoms with van der Waals surface area (Å²) in [6, 6.07) is 16.0. The summed E-state index contributed by atoms with van der Waals surface area (Å²) in [5, 5.41) is 2.68. The fourth-order valence-corrected chi connectivity index (χ4v) is 2.31. The number of nitrogens with zero attached hydrogens (tertiary/aromatic N) is 1. The second-order valence-corrected chi connectivity index (χ2v) is 5.77. The van der Waals surface area contributed by atoms with E-state index in [1.807, 2.05) is 19.1 Å². The number of halogens is 1. The number of benzene rings is 2. The number of aromatic nitrogens is 1. The minimum absolute atomic E-state index is 0.0350. The average Bonchev–Trinajstić information content (AvgIpc) is 2.64. The highest BCUT2D eigenvalue weighted by Gasteiger charge is 2.13. The number of carbonyl (C=O) groups is 1. The first-order valence-electron chi connectivity index (χ1n) is 8.00. The van der Waals surface area contributed by atoms with Gasteiger partial charge in [-0.15, -0.1) is 0 Å². The van der Waals surface area contributed by atoms with E-state index in [9.17, 15) is 14.0 Å². The molecule has 3 aromatic rings. The van der Waals surface area contributed by atoms with Crippen molar-refractivity contribution in [3.8, 4) is 0 Å². The number of amides is 1. The number of hydrogen-bond donors (Lipinski definition) is 1. The number of pyridine rings is 1. The molecule has 0 aliphatic carbocycles. The normalized spacial score (nSPS) is 10.4. The first kappa shape index (κ1) is 17.4. The zero-order chi connectivity index (χ0) is 18.5. The molecule has 0 saturated carbocycles. The second-order valence-electron chi connectivity index (χ2n) is 5.77. The standard InChI is InChI=1S/C20H17FN2O3/c1-14-4-10-17(11-5-14)22-19(24)18-3-2-12-23(20(18)25)26-13-15-6-8-16(21)9-7-15/h2-12H,13H2,1H3,(H,22,24). The molecule has 1 aromatic heterocycles. The smallest absolute Gasteiger partial charge is 0.295 e. The van der Waals surface area contributed by atoms with Crippen LogP contribution in [0, 0.1) is 12.7 Å². The summed E-state index contributed by atoms with van der Waals surface area (Å²) < 4.78 is 13.9. The van der Waals surface area contributed by atoms with Crippen LogP contribution in [0.5, 0.6) is 0 Å². The van der Waals surface area contributed by atoms with Crippen LogP contribution < -0.4 is 15.7 Å². The van der Waals surface area contributed by atoms with Crippen LogP contribution in [0.2, 0.25) is 0 Å². The van der Waals surface area contributed by atoms with Gasteiger partial charge in [0.1, 0.15) is 18.0 Å². The predicted molar refractivity (Wildman–Crippen MR) is 96.5 cm³/mol. The summed E-state index contributed by atoms with van der Waals surface area (Å²) in [5.41, 5.74) is 1.76. The van der Waals surface area contributed by atoms with E-state index in [0.29, 0.717) is 11.3 Å². The first-order chi connectivity index (χ1) is 12.5. The van der Waals surface area contributed by atoms with Crippen molar-refractivity contribution in [1.82, 2.24) is 4.73 Å². The van der Waals surface area contributed by atoms with E-state index in [1.165, 1.54) is 24.4 Å². The van der Waals surface area contributed by atoms with E-state index in [-0.39, 0.29) is 18.0 Å². The quantitative estimate of drug-likeness (QED) is 0.767. The average molecular weight is 352 g/mol. The number of carbonyl (C=O) groups excluding carboxylic acids is 1. The van der Waals surface area contributed by atoms with Gasteiger partial charge in [-0.05, 0) is 48.9 Å². The van der Waals surface area contributed by atoms with Crippen molar-refractivity contribution in [1.29, 1.82) is 0 Å². The predicted octanol–water partition coefficient (Wildman–Crippen LogP) is 3.18. The molecule has 132 valence electrons. The van der Waals surface area contributed by atoms with Crippen molar-refractivity contribution >= 4 is 11.6 Å². The molecule has 0 radical (unpaired) electrons. The minimum Gasteiger partial charge on any atom is -0.406 e. The molecule has 0 bridgehead atoms. The molecule has 5 nitrogen and oxygen atoms in total. The van der Waals surface area contributed by atoms with Crippen LogP contribution in [0.3, 0.4) is 0 Å². The van der Waals surface area contributed by atoms with Gasteiger partial charge in [-0.1, -0.05) is 29.8 Å². The summed E-state index contributed by atoms with van der Waals surface area (Å²) in [7, 11) is 0. The van der Waals surface area contributed by atoms with Gasteiger partial charge in [0.25, 0.3) is 11.5 Å². The Morgan fingerprint density at radius 3 is 2.46 bits per heavy atom. The molecule has 0 aliphatic heterocycles. The van der Waals surface area contributed by atoms with E-state index in [0.717, 1.165) is 10.3 Å². The van der Waals surface area contributed by atoms with E-state index < -0.39 is 11.5 Å². The Kier molecular flexibility index (Phi) is 5.12. The highest BCUT2D eigenvalue weighted by Crippen LogP contribution is 2.09. The van der Waals surface area contributed by atoms with Crippen molar-refractivity contribution in [2.75, 3.05) is 5.32 Å². The fraction of sp³-hybridized carbons (Fsp3) is 0.100. The van der Waals surface area contributed by atoms with Crippen molar-refractivity contribution in [3.05, 3.63) is 99.7 Å². The van der Waals surface area contributed by atoms with Crippen molar-refractivity contribution in [2.45, 2.75) is 13.5 Å². The van der Waals surface area contributed by atoms with Crippen molar-refractivity contribution < 1.29 is 14.0 Å². The van der Waals surface area contributed by atoms with Gasteiger partial charge in [0, 0.05) is 11.9 Å². The summed E-state index contributed by atoms with van der Waals surface area (Å²) in [4.78, 5) is 30.2. The summed E-state index contributed by atoms with van der Waals surface area (Å²) >= 11 is 0. The molecular formula is C20H17FN2O3. The maximum Gasteiger partial charge on any atom is 0.295 e. The Hall–Kier alpha value is -3.41. The molecule has 1 N–H and O–H groups in total. The van der Waals surface area contributed by atoms with Gasteiger partial charge in [0.15, 0.2) is 0 Å². The van der Waals surface area contributed by atoms with Crippen LogP contribution in [0.25, 0.3) is 0 Å². The molecule has 2 aromatic carbocycles. The SMILES string of the molecule is Cc1ccc(NC(=O)c2cccn(OCc3ccc(F)cc3)c2=O)cc1. The first-order valence-corrected chi connectivity index (χ1v) is 8.00. The molecule has 0 atom stereocenters. The van der Waals surface area contributed by atoms with Gasteiger partial charge < -0.3 is 10.2 Å². The van der Waals surface area contributed by atoms with Crippen molar-refractivity contribution in [3.63, 3.8) is 0 Å². The maximum absolute atomic E-state index is 12.9. The third kappa shape index (κ3) is 4.16. The number of hydrogen-bond acceptors (Lipinski definition) is 3. The van der Waals surface area contributed by atoms with Crippen LogP contribution in [0.1, 0.15) is 21.5 Å². The maximum atomic E-state index is 12.9. The van der Waals surface area contributed by atoms with Gasteiger partial charge >= 0.3 is 0 Å². The summed E-state index contributed by atoms with van der Waals surface area (Å²) in [6.07, 6.45) is 1.43. The van der Waals surface area contributed by atoms with Gasteiger partial charge in [0.05, 0.1) is 0 Å². The molecule has 1 amide bonds. The van der Waals surface area contributed by atoms with Crippen LogP contribution in [-0.4, -0.2) is 10.6 Å². The van der Waals surface area contributed by atoms with Gasteiger partial charge in [-0.25, -0.2) is 4.39 Å². The van der Waals surface area contributed by atoms with E-state index >= 15 is 0 Å². The molecular weight excluding hydrogens is 335 g/mol. The van der Waals surface area contributed by atoms with Crippen molar-refractivity contribution in [2.24, 2.45) is 0 Å². The van der Waals surface area contributed by atoms with Crippen LogP contribution in [0.4, 0.5) is 10.1 Å². The van der Waals surface area contributed by atoms with Gasteiger partial charge in [-0.2, -0.15) is 4.73 Å². The van der Waals surface area contributed by atoms with Crippen LogP contribution >= 0.6 is 0 Å². The molecule has 3 rings (SSSR count). The number of anilines is 1.